The van der Waals surface area contributed by atoms with E-state index in [0.717, 1.165) is 34.5 Å². The molecule has 1 aliphatic heterocycles. The van der Waals surface area contributed by atoms with Crippen molar-refractivity contribution in [2.24, 2.45) is 5.92 Å². The molecule has 0 spiro atoms. The summed E-state index contributed by atoms with van der Waals surface area (Å²) in [4.78, 5) is 2.51. The van der Waals surface area contributed by atoms with Gasteiger partial charge >= 0.3 is 0 Å². The highest BCUT2D eigenvalue weighted by molar-refractivity contribution is 7.99. The van der Waals surface area contributed by atoms with Crippen LogP contribution in [0.2, 0.25) is 0 Å². The highest BCUT2D eigenvalue weighted by Gasteiger charge is 2.16. The number of nitrogens with zero attached hydrogens (tertiary/aromatic N) is 4. The lowest BCUT2D eigenvalue weighted by molar-refractivity contribution is 0.203. The summed E-state index contributed by atoms with van der Waals surface area (Å²) in [7, 11) is 0. The normalized spacial score (nSPS) is 17.1. The number of aromatic nitrogens is 2. The second kappa shape index (κ2) is 7.05. The van der Waals surface area contributed by atoms with Gasteiger partial charge in [0.2, 0.25) is 0 Å². The monoisotopic (exact) mass is 290 g/mol. The predicted molar refractivity (Wildman–Crippen MR) is 81.8 cm³/mol. The number of rotatable bonds is 4. The van der Waals surface area contributed by atoms with Crippen LogP contribution in [-0.2, 0) is 0 Å². The van der Waals surface area contributed by atoms with Crippen LogP contribution in [0.25, 0.3) is 0 Å². The topological polar surface area (TPSA) is 52.8 Å². The lowest BCUT2D eigenvalue weighted by atomic mass is 9.99. The van der Waals surface area contributed by atoms with E-state index < -0.39 is 0 Å². The summed E-state index contributed by atoms with van der Waals surface area (Å²) in [5, 5.41) is 18.3. The molecule has 4 nitrogen and oxygen atoms in total. The van der Waals surface area contributed by atoms with E-state index in [-0.39, 0.29) is 0 Å². The minimum absolute atomic E-state index is 0.690. The van der Waals surface area contributed by atoms with E-state index >= 15 is 0 Å². The summed E-state index contributed by atoms with van der Waals surface area (Å²) in [6, 6.07) is 2.26. The molecule has 1 aliphatic rings. The Morgan fingerprint density at radius 1 is 1.30 bits per heavy atom. The molecule has 0 bridgehead atoms. The molecular formula is C15H22N4S. The fraction of sp³-hybridized carbons (Fsp3) is 0.667. The van der Waals surface area contributed by atoms with E-state index in [0.29, 0.717) is 5.56 Å². The Labute approximate surface area is 125 Å². The Morgan fingerprint density at radius 3 is 2.65 bits per heavy atom. The van der Waals surface area contributed by atoms with Crippen molar-refractivity contribution < 1.29 is 0 Å². The van der Waals surface area contributed by atoms with E-state index in [1.165, 1.54) is 25.9 Å². The van der Waals surface area contributed by atoms with E-state index in [4.69, 9.17) is 0 Å². The molecule has 1 aromatic rings. The Kier molecular flexibility index (Phi) is 5.38. The van der Waals surface area contributed by atoms with Gasteiger partial charge in [0.1, 0.15) is 11.1 Å². The molecule has 0 amide bonds. The summed E-state index contributed by atoms with van der Waals surface area (Å²) >= 11 is 1.65. The van der Waals surface area contributed by atoms with E-state index in [2.05, 4.69) is 28.1 Å². The van der Waals surface area contributed by atoms with Gasteiger partial charge in [0.05, 0.1) is 11.3 Å². The SMILES string of the molecule is Cc1nnc(SCCN2CCC(C)CC2)c(C#N)c1C. The van der Waals surface area contributed by atoms with Gasteiger partial charge in [0, 0.05) is 12.3 Å². The summed E-state index contributed by atoms with van der Waals surface area (Å²) in [6.45, 7) is 9.63. The lowest BCUT2D eigenvalue weighted by Crippen LogP contribution is -2.34. The molecule has 108 valence electrons. The molecule has 0 aromatic carbocycles. The molecule has 0 N–H and O–H groups in total. The third kappa shape index (κ3) is 3.71. The van der Waals surface area contributed by atoms with Crippen LogP contribution in [0.15, 0.2) is 5.03 Å². The molecule has 1 aromatic heterocycles. The molecule has 2 rings (SSSR count). The highest BCUT2D eigenvalue weighted by Crippen LogP contribution is 2.23. The first-order chi connectivity index (χ1) is 9.61. The van der Waals surface area contributed by atoms with Gasteiger partial charge in [0.15, 0.2) is 0 Å². The summed E-state index contributed by atoms with van der Waals surface area (Å²) in [5.41, 5.74) is 2.49. The van der Waals surface area contributed by atoms with Crippen LogP contribution in [0.1, 0.15) is 36.6 Å². The van der Waals surface area contributed by atoms with Crippen molar-refractivity contribution in [1.29, 1.82) is 5.26 Å². The van der Waals surface area contributed by atoms with Gasteiger partial charge in [0.25, 0.3) is 0 Å². The smallest absolute Gasteiger partial charge is 0.137 e. The van der Waals surface area contributed by atoms with Crippen LogP contribution < -0.4 is 0 Å². The van der Waals surface area contributed by atoms with Crippen molar-refractivity contribution in [2.45, 2.75) is 38.6 Å². The fourth-order valence-electron chi connectivity index (χ4n) is 2.38. The predicted octanol–water partition coefficient (Wildman–Crippen LogP) is 2.79. The Bertz CT molecular complexity index is 501. The first kappa shape index (κ1) is 15.3. The van der Waals surface area contributed by atoms with Crippen LogP contribution >= 0.6 is 11.8 Å². The zero-order valence-electron chi connectivity index (χ0n) is 12.5. The van der Waals surface area contributed by atoms with E-state index in [9.17, 15) is 5.26 Å². The highest BCUT2D eigenvalue weighted by atomic mass is 32.2. The molecule has 1 saturated heterocycles. The molecule has 0 radical (unpaired) electrons. The number of hydrogen-bond acceptors (Lipinski definition) is 5. The van der Waals surface area contributed by atoms with Crippen LogP contribution in [0, 0.1) is 31.1 Å². The van der Waals surface area contributed by atoms with Gasteiger partial charge < -0.3 is 4.90 Å². The van der Waals surface area contributed by atoms with Crippen molar-refractivity contribution in [3.8, 4) is 6.07 Å². The number of aryl methyl sites for hydroxylation is 1. The van der Waals surface area contributed by atoms with Crippen LogP contribution in [0.5, 0.6) is 0 Å². The van der Waals surface area contributed by atoms with Crippen LogP contribution in [-0.4, -0.2) is 40.5 Å². The van der Waals surface area contributed by atoms with Gasteiger partial charge in [-0.2, -0.15) is 10.4 Å². The number of hydrogen-bond donors (Lipinski definition) is 0. The molecule has 0 saturated carbocycles. The molecular weight excluding hydrogens is 268 g/mol. The summed E-state index contributed by atoms with van der Waals surface area (Å²) in [5.74, 6) is 1.84. The van der Waals surface area contributed by atoms with Gasteiger partial charge in [-0.05, 0) is 51.3 Å². The molecule has 0 atom stereocenters. The van der Waals surface area contributed by atoms with Gasteiger partial charge in [-0.1, -0.05) is 6.92 Å². The average Bonchev–Trinajstić information content (AvgIpc) is 2.45. The molecule has 2 heterocycles. The lowest BCUT2D eigenvalue weighted by Gasteiger charge is -2.29. The molecule has 20 heavy (non-hydrogen) atoms. The summed E-state index contributed by atoms with van der Waals surface area (Å²) < 4.78 is 0. The van der Waals surface area contributed by atoms with Crippen molar-refractivity contribution in [3.05, 3.63) is 16.8 Å². The first-order valence-electron chi connectivity index (χ1n) is 7.21. The first-order valence-corrected chi connectivity index (χ1v) is 8.19. The third-order valence-electron chi connectivity index (χ3n) is 4.06. The largest absolute Gasteiger partial charge is 0.302 e. The van der Waals surface area contributed by atoms with Crippen molar-refractivity contribution in [2.75, 3.05) is 25.4 Å². The van der Waals surface area contributed by atoms with Crippen molar-refractivity contribution in [1.82, 2.24) is 15.1 Å². The Morgan fingerprint density at radius 2 is 2.00 bits per heavy atom. The second-order valence-corrected chi connectivity index (χ2v) is 6.66. The zero-order valence-corrected chi connectivity index (χ0v) is 13.3. The van der Waals surface area contributed by atoms with E-state index in [1.54, 1.807) is 11.8 Å². The standard InChI is InChI=1S/C15H22N4S/c1-11-4-6-19(7-5-11)8-9-20-15-14(10-16)12(2)13(3)17-18-15/h11H,4-9H2,1-3H3. The van der Waals surface area contributed by atoms with E-state index in [1.807, 2.05) is 13.8 Å². The van der Waals surface area contributed by atoms with Crippen LogP contribution in [0.4, 0.5) is 0 Å². The molecule has 0 unspecified atom stereocenters. The molecule has 1 fully saturated rings. The minimum atomic E-state index is 0.690. The average molecular weight is 290 g/mol. The minimum Gasteiger partial charge on any atom is -0.302 e. The van der Waals surface area contributed by atoms with Crippen molar-refractivity contribution >= 4 is 11.8 Å². The Hall–Kier alpha value is -1.12. The fourth-order valence-corrected chi connectivity index (χ4v) is 3.36. The summed E-state index contributed by atoms with van der Waals surface area (Å²) in [6.07, 6.45) is 2.61. The third-order valence-corrected chi connectivity index (χ3v) is 5.00. The molecule has 5 heteroatoms. The number of nitriles is 1. The number of thioether (sulfide) groups is 1. The quantitative estimate of drug-likeness (QED) is 0.798. The number of likely N-dealkylation sites (tertiary alicyclic amines) is 1. The zero-order chi connectivity index (χ0) is 14.5. The molecule has 0 aliphatic carbocycles. The van der Waals surface area contributed by atoms with Gasteiger partial charge in [-0.25, -0.2) is 0 Å². The van der Waals surface area contributed by atoms with Crippen LogP contribution in [0.3, 0.4) is 0 Å². The second-order valence-electron chi connectivity index (χ2n) is 5.57. The number of piperidine rings is 1. The maximum atomic E-state index is 9.26. The van der Waals surface area contributed by atoms with Crippen molar-refractivity contribution in [3.63, 3.8) is 0 Å². The maximum Gasteiger partial charge on any atom is 0.137 e. The van der Waals surface area contributed by atoms with Gasteiger partial charge in [-0.3, -0.25) is 0 Å². The Balaban J connectivity index is 1.89. The maximum absolute atomic E-state index is 9.26. The van der Waals surface area contributed by atoms with Gasteiger partial charge in [-0.15, -0.1) is 16.9 Å².